The topological polar surface area (TPSA) is 237 Å². The van der Waals surface area contributed by atoms with Gasteiger partial charge in [-0.1, -0.05) is 324 Å². The first kappa shape index (κ1) is 98.0. The summed E-state index contributed by atoms with van der Waals surface area (Å²) in [6, 6.07) is 0. The number of phosphoric acid groups is 2. The lowest BCUT2D eigenvalue weighted by Crippen LogP contribution is -2.30. The lowest BCUT2D eigenvalue weighted by Gasteiger charge is -2.21. The minimum Gasteiger partial charge on any atom is -0.462 e. The van der Waals surface area contributed by atoms with E-state index in [1.165, 1.54) is 122 Å². The number of aliphatic hydroxyl groups is 1. The highest BCUT2D eigenvalue weighted by atomic mass is 31.2. The molecule has 0 spiro atoms. The summed E-state index contributed by atoms with van der Waals surface area (Å²) < 4.78 is 68.6. The van der Waals surface area contributed by atoms with Gasteiger partial charge in [-0.3, -0.25) is 37.3 Å². The number of aliphatic hydroxyl groups excluding tert-OH is 1. The second-order valence-electron chi connectivity index (χ2n) is 27.0. The maximum Gasteiger partial charge on any atom is 0.472 e. The highest BCUT2D eigenvalue weighted by molar-refractivity contribution is 7.47. The van der Waals surface area contributed by atoms with E-state index in [9.17, 15) is 43.2 Å². The van der Waals surface area contributed by atoms with Crippen LogP contribution in [-0.2, 0) is 65.4 Å². The number of phosphoric ester groups is 2. The van der Waals surface area contributed by atoms with Crippen LogP contribution in [-0.4, -0.2) is 96.7 Å². The highest BCUT2D eigenvalue weighted by Crippen LogP contribution is 2.45. The van der Waals surface area contributed by atoms with Crippen molar-refractivity contribution in [3.63, 3.8) is 0 Å². The van der Waals surface area contributed by atoms with Gasteiger partial charge < -0.3 is 33.8 Å². The average molecular weight is 1480 g/mol. The van der Waals surface area contributed by atoms with Gasteiger partial charge in [0.2, 0.25) is 0 Å². The summed E-state index contributed by atoms with van der Waals surface area (Å²) in [6.07, 6.45) is 79.6. The molecule has 0 radical (unpaired) electrons. The minimum atomic E-state index is -4.99. The minimum absolute atomic E-state index is 0.0716. The lowest BCUT2D eigenvalue weighted by atomic mass is 10.0. The quantitative estimate of drug-likeness (QED) is 0.0169. The van der Waals surface area contributed by atoms with Crippen molar-refractivity contribution >= 4 is 39.5 Å². The number of esters is 4. The third kappa shape index (κ3) is 74.3. The van der Waals surface area contributed by atoms with Gasteiger partial charge in [-0.15, -0.1) is 0 Å². The number of carbonyl (C=O) groups is 4. The average Bonchev–Trinajstić information content (AvgIpc) is 0.959. The standard InChI is InChI=1S/C83H146O17P2/c1-5-9-13-17-21-25-29-33-36-38-41-45-48-52-56-60-64-68-81(86)94-74-79(100-83(88)70-66-62-58-54-50-46-42-39-37-34-30-26-22-18-14-10-6-2)76-98-102(91,92)96-72-77(84)71-95-101(89,90)97-75-78(99-82(87)69-65-61-57-53-49-43-32-28-24-20-16-12-8-4)73-93-80(85)67-63-59-55-51-47-44-40-35-31-27-23-19-15-11-7-3/h9-10,13-14,21-22,25-26,33-34,36-37,41,45,52,56,77-79,84H,5-8,11-12,15-20,23-24,27-32,35,38-40,42-44,46-51,53-55,57-76H2,1-4H3,(H,89,90)(H,91,92)/b13-9-,14-10-,25-21-,26-22-,36-33-,37-34-,45-41-,56-52-. The van der Waals surface area contributed by atoms with Crippen LogP contribution in [0.25, 0.3) is 0 Å². The van der Waals surface area contributed by atoms with Gasteiger partial charge in [-0.2, -0.15) is 0 Å². The Hall–Kier alpha value is -4.02. The monoisotopic (exact) mass is 1480 g/mol. The van der Waals surface area contributed by atoms with Gasteiger partial charge in [0.15, 0.2) is 12.2 Å². The molecule has 0 saturated carbocycles. The van der Waals surface area contributed by atoms with Crippen LogP contribution in [0.3, 0.4) is 0 Å². The van der Waals surface area contributed by atoms with Crippen molar-refractivity contribution < 1.29 is 80.2 Å². The molecule has 0 fully saturated rings. The Labute approximate surface area is 620 Å². The van der Waals surface area contributed by atoms with Crippen molar-refractivity contribution in [2.24, 2.45) is 0 Å². The molecule has 0 aliphatic rings. The Bertz CT molecular complexity index is 2310. The third-order valence-corrected chi connectivity index (χ3v) is 19.0. The first-order valence-corrected chi connectivity index (χ1v) is 43.5. The number of hydrogen-bond acceptors (Lipinski definition) is 15. The molecular formula is C83H146O17P2. The van der Waals surface area contributed by atoms with E-state index in [-0.39, 0.29) is 25.7 Å². The van der Waals surface area contributed by atoms with Gasteiger partial charge in [0.05, 0.1) is 26.4 Å². The molecule has 19 heteroatoms. The van der Waals surface area contributed by atoms with E-state index >= 15 is 0 Å². The van der Waals surface area contributed by atoms with E-state index in [0.717, 1.165) is 141 Å². The van der Waals surface area contributed by atoms with E-state index < -0.39 is 97.5 Å². The van der Waals surface area contributed by atoms with E-state index in [4.69, 9.17) is 37.0 Å². The number of allylic oxidation sites excluding steroid dienone is 16. The summed E-state index contributed by atoms with van der Waals surface area (Å²) >= 11 is 0. The van der Waals surface area contributed by atoms with Crippen molar-refractivity contribution in [3.8, 4) is 0 Å². The first-order chi connectivity index (χ1) is 49.7. The second-order valence-corrected chi connectivity index (χ2v) is 29.9. The highest BCUT2D eigenvalue weighted by Gasteiger charge is 2.30. The molecule has 0 amide bonds. The summed E-state index contributed by atoms with van der Waals surface area (Å²) in [5, 5.41) is 10.6. The van der Waals surface area contributed by atoms with Gasteiger partial charge >= 0.3 is 39.5 Å². The normalized spacial score (nSPS) is 14.4. The maximum absolute atomic E-state index is 13.1. The largest absolute Gasteiger partial charge is 0.472 e. The summed E-state index contributed by atoms with van der Waals surface area (Å²) in [7, 11) is -9.96. The molecule has 0 bridgehead atoms. The Morgan fingerprint density at radius 2 is 0.520 bits per heavy atom. The van der Waals surface area contributed by atoms with Crippen molar-refractivity contribution in [2.45, 2.75) is 367 Å². The number of carbonyl (C=O) groups excluding carboxylic acids is 4. The molecule has 102 heavy (non-hydrogen) atoms. The van der Waals surface area contributed by atoms with Crippen LogP contribution in [0.15, 0.2) is 97.2 Å². The fraction of sp³-hybridized carbons (Fsp3) is 0.759. The molecule has 5 atom stereocenters. The second kappa shape index (κ2) is 75.2. The summed E-state index contributed by atoms with van der Waals surface area (Å²) in [6.45, 7) is 4.64. The predicted octanol–water partition coefficient (Wildman–Crippen LogP) is 23.6. The molecular weight excluding hydrogens is 1330 g/mol. The SMILES string of the molecule is CC/C=C\C/C=C\C/C=C\C/C=C\C/C=C\CCCC(=O)OCC(COP(=O)(O)OCC(O)COP(=O)(O)OCC(COC(=O)CCCCCCCCCCCCCCCCC)OC(=O)CCCCCCCCCCCCCCC)OC(=O)CCCCCCCCC/C=C\C/C=C\C/C=C\CC. The molecule has 3 N–H and O–H groups in total. The zero-order chi connectivity index (χ0) is 74.6. The fourth-order valence-corrected chi connectivity index (χ4v) is 12.6. The van der Waals surface area contributed by atoms with Gasteiger partial charge in [-0.25, -0.2) is 9.13 Å². The summed E-state index contributed by atoms with van der Waals surface area (Å²) in [5.74, 6) is -2.23. The molecule has 590 valence electrons. The first-order valence-electron chi connectivity index (χ1n) is 40.5. The molecule has 0 aromatic heterocycles. The third-order valence-electron chi connectivity index (χ3n) is 17.1. The number of rotatable bonds is 76. The smallest absolute Gasteiger partial charge is 0.462 e. The Morgan fingerprint density at radius 3 is 0.824 bits per heavy atom. The van der Waals surface area contributed by atoms with E-state index in [2.05, 4.69) is 113 Å². The lowest BCUT2D eigenvalue weighted by molar-refractivity contribution is -0.161. The van der Waals surface area contributed by atoms with Gasteiger partial charge in [0.1, 0.15) is 19.3 Å². The van der Waals surface area contributed by atoms with Crippen LogP contribution >= 0.6 is 15.6 Å². The molecule has 0 aliphatic heterocycles. The van der Waals surface area contributed by atoms with Crippen molar-refractivity contribution in [1.29, 1.82) is 0 Å². The van der Waals surface area contributed by atoms with Gasteiger partial charge in [-0.05, 0) is 96.3 Å². The van der Waals surface area contributed by atoms with Crippen LogP contribution in [0.1, 0.15) is 349 Å². The van der Waals surface area contributed by atoms with Crippen LogP contribution in [0.4, 0.5) is 0 Å². The predicted molar refractivity (Wildman–Crippen MR) is 418 cm³/mol. The molecule has 17 nitrogen and oxygen atoms in total. The van der Waals surface area contributed by atoms with Crippen LogP contribution in [0.2, 0.25) is 0 Å². The van der Waals surface area contributed by atoms with E-state index in [1.54, 1.807) is 0 Å². The zero-order valence-electron chi connectivity index (χ0n) is 64.5. The molecule has 5 unspecified atom stereocenters. The van der Waals surface area contributed by atoms with Crippen LogP contribution in [0.5, 0.6) is 0 Å². The molecule has 0 saturated heterocycles. The molecule has 0 aromatic rings. The number of unbranched alkanes of at least 4 members (excludes halogenated alkanes) is 34. The van der Waals surface area contributed by atoms with Crippen molar-refractivity contribution in [3.05, 3.63) is 97.2 Å². The van der Waals surface area contributed by atoms with Gasteiger partial charge in [0, 0.05) is 25.7 Å². The summed E-state index contributed by atoms with van der Waals surface area (Å²) in [4.78, 5) is 73.0. The number of hydrogen-bond donors (Lipinski definition) is 3. The van der Waals surface area contributed by atoms with Crippen LogP contribution in [0, 0.1) is 0 Å². The van der Waals surface area contributed by atoms with E-state index in [0.29, 0.717) is 32.1 Å². The Balaban J connectivity index is 5.38. The number of ether oxygens (including phenoxy) is 4. The van der Waals surface area contributed by atoms with Crippen molar-refractivity contribution in [2.75, 3.05) is 39.6 Å². The van der Waals surface area contributed by atoms with Crippen molar-refractivity contribution in [1.82, 2.24) is 0 Å². The van der Waals surface area contributed by atoms with Gasteiger partial charge in [0.25, 0.3) is 0 Å². The summed E-state index contributed by atoms with van der Waals surface area (Å²) in [5.41, 5.74) is 0. The Kier molecular flexibility index (Phi) is 72.3. The zero-order valence-corrected chi connectivity index (χ0v) is 66.3. The Morgan fingerprint density at radius 1 is 0.284 bits per heavy atom. The van der Waals surface area contributed by atoms with E-state index in [1.807, 2.05) is 12.2 Å². The molecule has 0 aliphatic carbocycles. The fourth-order valence-electron chi connectivity index (χ4n) is 11.0. The van der Waals surface area contributed by atoms with Crippen LogP contribution < -0.4 is 0 Å². The molecule has 0 rings (SSSR count). The molecule has 0 heterocycles. The molecule has 0 aromatic carbocycles. The maximum atomic E-state index is 13.1.